The number of esters is 1. The van der Waals surface area contributed by atoms with Crippen molar-refractivity contribution in [2.24, 2.45) is 0 Å². The molecule has 1 fully saturated rings. The number of aromatic nitrogens is 2. The fourth-order valence-electron chi connectivity index (χ4n) is 3.66. The normalized spacial score (nSPS) is 14.3. The first-order chi connectivity index (χ1) is 14.5. The maximum Gasteiger partial charge on any atom is 0.356 e. The van der Waals surface area contributed by atoms with E-state index in [9.17, 15) is 4.79 Å². The highest BCUT2D eigenvalue weighted by molar-refractivity contribution is 6.28. The molecule has 2 N–H and O–H groups in total. The molecule has 0 saturated carbocycles. The number of methoxy groups -OCH3 is 2. The average Bonchev–Trinajstić information content (AvgIpc) is 2.77. The molecule has 1 aromatic heterocycles. The Morgan fingerprint density at radius 1 is 1.27 bits per heavy atom. The summed E-state index contributed by atoms with van der Waals surface area (Å²) in [5.41, 5.74) is 2.19. The first-order valence-corrected chi connectivity index (χ1v) is 10.4. The Bertz CT molecular complexity index is 874. The highest BCUT2D eigenvalue weighted by Gasteiger charge is 2.25. The van der Waals surface area contributed by atoms with Gasteiger partial charge in [0, 0.05) is 25.2 Å². The van der Waals surface area contributed by atoms with Gasteiger partial charge in [-0.05, 0) is 62.2 Å². The second-order valence-corrected chi connectivity index (χ2v) is 7.38. The summed E-state index contributed by atoms with van der Waals surface area (Å²) in [5.74, 6) is 0.875. The van der Waals surface area contributed by atoms with E-state index in [2.05, 4.69) is 31.6 Å². The minimum Gasteiger partial charge on any atom is -0.495 e. The standard InChI is InChI=1S/C21H28ClN5O3/c1-4-24-16-11-14(5-6-18(16)29-2)13-27(15-7-9-23-10-8-15)19-12-17(20(28)30-3)25-21(22)26-19/h5-6,11-12,15,23-24H,4,7-10,13H2,1-3H3. The second-order valence-electron chi connectivity index (χ2n) is 7.05. The molecule has 2 heterocycles. The Labute approximate surface area is 181 Å². The Hall–Kier alpha value is -2.58. The number of carbonyl (C=O) groups is 1. The molecule has 2 aromatic rings. The van der Waals surface area contributed by atoms with Crippen molar-refractivity contribution in [1.29, 1.82) is 0 Å². The number of hydrogen-bond donors (Lipinski definition) is 2. The number of hydrogen-bond acceptors (Lipinski definition) is 8. The largest absolute Gasteiger partial charge is 0.495 e. The Balaban J connectivity index is 1.97. The van der Waals surface area contributed by atoms with Crippen LogP contribution in [-0.4, -0.2) is 55.8 Å². The van der Waals surface area contributed by atoms with Crippen molar-refractivity contribution in [3.8, 4) is 5.75 Å². The first-order valence-electron chi connectivity index (χ1n) is 10.1. The van der Waals surface area contributed by atoms with Crippen molar-refractivity contribution in [3.63, 3.8) is 0 Å². The van der Waals surface area contributed by atoms with Crippen molar-refractivity contribution in [3.05, 3.63) is 40.8 Å². The molecule has 0 radical (unpaired) electrons. The second kappa shape index (κ2) is 10.4. The van der Waals surface area contributed by atoms with Crippen LogP contribution < -0.4 is 20.3 Å². The van der Waals surface area contributed by atoms with Gasteiger partial charge in [-0.1, -0.05) is 6.07 Å². The van der Waals surface area contributed by atoms with E-state index in [0.29, 0.717) is 12.4 Å². The van der Waals surface area contributed by atoms with Gasteiger partial charge in [0.1, 0.15) is 11.6 Å². The number of nitrogens with zero attached hydrogens (tertiary/aromatic N) is 3. The molecular formula is C21H28ClN5O3. The summed E-state index contributed by atoms with van der Waals surface area (Å²) in [5, 5.41) is 6.75. The molecule has 1 aliphatic heterocycles. The number of ether oxygens (including phenoxy) is 2. The lowest BCUT2D eigenvalue weighted by Crippen LogP contribution is -2.43. The minimum absolute atomic E-state index is 0.0231. The zero-order chi connectivity index (χ0) is 21.5. The smallest absolute Gasteiger partial charge is 0.356 e. The SMILES string of the molecule is CCNc1cc(CN(c2cc(C(=O)OC)nc(Cl)n2)C2CCNCC2)ccc1OC. The summed E-state index contributed by atoms with van der Waals surface area (Å²) in [6.45, 7) is 5.30. The zero-order valence-corrected chi connectivity index (χ0v) is 18.3. The van der Waals surface area contributed by atoms with E-state index in [1.54, 1.807) is 13.2 Å². The van der Waals surface area contributed by atoms with Gasteiger partial charge < -0.3 is 25.0 Å². The lowest BCUT2D eigenvalue weighted by Gasteiger charge is -2.36. The van der Waals surface area contributed by atoms with E-state index < -0.39 is 5.97 Å². The van der Waals surface area contributed by atoms with Crippen LogP contribution in [0.4, 0.5) is 11.5 Å². The fourth-order valence-corrected chi connectivity index (χ4v) is 3.83. The Kier molecular flexibility index (Phi) is 7.70. The van der Waals surface area contributed by atoms with E-state index in [-0.39, 0.29) is 17.0 Å². The third-order valence-corrected chi connectivity index (χ3v) is 5.28. The molecular weight excluding hydrogens is 406 g/mol. The number of nitrogens with one attached hydrogen (secondary N) is 2. The highest BCUT2D eigenvalue weighted by atomic mass is 35.5. The van der Waals surface area contributed by atoms with E-state index in [4.69, 9.17) is 21.1 Å². The van der Waals surface area contributed by atoms with Crippen molar-refractivity contribution in [2.75, 3.05) is 44.1 Å². The summed E-state index contributed by atoms with van der Waals surface area (Å²) in [4.78, 5) is 22.7. The Morgan fingerprint density at radius 3 is 2.70 bits per heavy atom. The van der Waals surface area contributed by atoms with Gasteiger partial charge in [-0.3, -0.25) is 0 Å². The van der Waals surface area contributed by atoms with Crippen molar-refractivity contribution in [1.82, 2.24) is 15.3 Å². The third kappa shape index (κ3) is 5.31. The molecule has 30 heavy (non-hydrogen) atoms. The molecule has 0 aliphatic carbocycles. The predicted molar refractivity (Wildman–Crippen MR) is 118 cm³/mol. The van der Waals surface area contributed by atoms with E-state index in [0.717, 1.165) is 49.5 Å². The van der Waals surface area contributed by atoms with Crippen LogP contribution in [-0.2, 0) is 11.3 Å². The van der Waals surface area contributed by atoms with E-state index in [1.165, 1.54) is 7.11 Å². The van der Waals surface area contributed by atoms with E-state index >= 15 is 0 Å². The van der Waals surface area contributed by atoms with Crippen LogP contribution >= 0.6 is 11.6 Å². The molecule has 9 heteroatoms. The maximum absolute atomic E-state index is 12.0. The molecule has 162 valence electrons. The van der Waals surface area contributed by atoms with Crippen LogP contribution in [0.3, 0.4) is 0 Å². The van der Waals surface area contributed by atoms with Gasteiger partial charge in [0.05, 0.1) is 19.9 Å². The van der Waals surface area contributed by atoms with Crippen LogP contribution in [0, 0.1) is 0 Å². The van der Waals surface area contributed by atoms with Crippen molar-refractivity contribution in [2.45, 2.75) is 32.4 Å². The number of halogens is 1. The summed E-state index contributed by atoms with van der Waals surface area (Å²) in [7, 11) is 2.98. The van der Waals surface area contributed by atoms with Gasteiger partial charge in [-0.25, -0.2) is 14.8 Å². The van der Waals surface area contributed by atoms with Crippen LogP contribution in [0.15, 0.2) is 24.3 Å². The van der Waals surface area contributed by atoms with Crippen LogP contribution in [0.25, 0.3) is 0 Å². The van der Waals surface area contributed by atoms with Gasteiger partial charge in [-0.2, -0.15) is 0 Å². The predicted octanol–water partition coefficient (Wildman–Crippen LogP) is 3.12. The summed E-state index contributed by atoms with van der Waals surface area (Å²) < 4.78 is 10.3. The Morgan fingerprint density at radius 2 is 2.03 bits per heavy atom. The number of benzene rings is 1. The molecule has 0 atom stereocenters. The van der Waals surface area contributed by atoms with Gasteiger partial charge in [-0.15, -0.1) is 0 Å². The van der Waals surface area contributed by atoms with Crippen molar-refractivity contribution >= 4 is 29.1 Å². The molecule has 8 nitrogen and oxygen atoms in total. The molecule has 0 spiro atoms. The minimum atomic E-state index is -0.537. The summed E-state index contributed by atoms with van der Waals surface area (Å²) >= 11 is 6.15. The van der Waals surface area contributed by atoms with Gasteiger partial charge >= 0.3 is 5.97 Å². The average molecular weight is 434 g/mol. The topological polar surface area (TPSA) is 88.6 Å². The van der Waals surface area contributed by atoms with E-state index in [1.807, 2.05) is 19.1 Å². The van der Waals surface area contributed by atoms with Crippen molar-refractivity contribution < 1.29 is 14.3 Å². The molecule has 1 aromatic carbocycles. The molecule has 1 aliphatic rings. The first kappa shape index (κ1) is 22.1. The zero-order valence-electron chi connectivity index (χ0n) is 17.6. The van der Waals surface area contributed by atoms with Gasteiger partial charge in [0.2, 0.25) is 5.28 Å². The highest BCUT2D eigenvalue weighted by Crippen LogP contribution is 2.29. The van der Waals surface area contributed by atoms with Gasteiger partial charge in [0.25, 0.3) is 0 Å². The van der Waals surface area contributed by atoms with Crippen LogP contribution in [0.5, 0.6) is 5.75 Å². The third-order valence-electron chi connectivity index (χ3n) is 5.11. The number of piperidine rings is 1. The van der Waals surface area contributed by atoms with Crippen LogP contribution in [0.2, 0.25) is 5.28 Å². The molecule has 0 unspecified atom stereocenters. The quantitative estimate of drug-likeness (QED) is 0.485. The molecule has 0 bridgehead atoms. The lowest BCUT2D eigenvalue weighted by atomic mass is 10.0. The summed E-state index contributed by atoms with van der Waals surface area (Å²) in [6, 6.07) is 7.99. The number of carbonyl (C=O) groups excluding carboxylic acids is 1. The van der Waals surface area contributed by atoms with Gasteiger partial charge in [0.15, 0.2) is 5.69 Å². The molecule has 1 saturated heterocycles. The maximum atomic E-state index is 12.0. The monoisotopic (exact) mass is 433 g/mol. The fraction of sp³-hybridized carbons (Fsp3) is 0.476. The number of rotatable bonds is 8. The summed E-state index contributed by atoms with van der Waals surface area (Å²) in [6.07, 6.45) is 1.93. The molecule has 3 rings (SSSR count). The van der Waals surface area contributed by atoms with Crippen LogP contribution in [0.1, 0.15) is 35.8 Å². The lowest BCUT2D eigenvalue weighted by molar-refractivity contribution is 0.0594. The number of anilines is 2. The molecule has 0 amide bonds.